The normalized spacial score (nSPS) is 18.3. The van der Waals surface area contributed by atoms with Gasteiger partial charge in [0.2, 0.25) is 16.3 Å². The fourth-order valence-electron chi connectivity index (χ4n) is 14.5. The molecular weight excluding hydrogens is 1510 g/mol. The van der Waals surface area contributed by atoms with Crippen molar-refractivity contribution < 1.29 is 65.9 Å². The predicted octanol–water partition coefficient (Wildman–Crippen LogP) is 10.1. The van der Waals surface area contributed by atoms with Crippen LogP contribution in [0.3, 0.4) is 0 Å². The Bertz CT molecular complexity index is 4650. The Morgan fingerprint density at radius 2 is 1.01 bits per heavy atom. The average Bonchev–Trinajstić information content (AvgIpc) is 1.51. The number of Topliss-reactive ketones (excluding diaryl/α,β-unsaturated/α-hetero) is 1. The SMILES string of the molecule is COC(=O)c1c(OCc2ccccc2)c(=O)c(Br)cn1CC(O)O.NCC1CCCC1.NCc1ccc(F)cc1F.O=C(CCc1ccc(F)cc1F)c1cn2c(c(OCc3ccccc3)c1=O)C(=O)N1C[C@H]3CCCN3[C@@H]1C2.O=C1c2c(OCc3ccccc3)c(=O)c(Br)cn2C[C@@H]2N1C[C@H]1CCCN12. The fraction of sp³-hybridized carbons (Fsp3) is 0.372. The molecule has 3 aromatic heterocycles. The van der Waals surface area contributed by atoms with Crippen LogP contribution < -0.4 is 42.0 Å². The molecule has 8 aromatic rings. The van der Waals surface area contributed by atoms with Gasteiger partial charge in [-0.25, -0.2) is 22.4 Å². The minimum absolute atomic E-state index is 0.0110. The molecule has 106 heavy (non-hydrogen) atoms. The van der Waals surface area contributed by atoms with Crippen LogP contribution in [0.15, 0.2) is 169 Å². The van der Waals surface area contributed by atoms with Crippen LogP contribution in [0.5, 0.6) is 17.2 Å². The van der Waals surface area contributed by atoms with Crippen LogP contribution in [-0.4, -0.2) is 138 Å². The molecule has 4 saturated heterocycles. The number of aryl methyl sites for hydroxylation is 1. The highest BCUT2D eigenvalue weighted by atomic mass is 79.9. The van der Waals surface area contributed by atoms with E-state index in [0.717, 1.165) is 93.4 Å². The molecule has 28 heteroatoms. The van der Waals surface area contributed by atoms with Crippen molar-refractivity contribution in [1.82, 2.24) is 33.3 Å². The van der Waals surface area contributed by atoms with E-state index in [1.165, 1.54) is 67.3 Å². The number of ether oxygens (including phenoxy) is 4. The maximum atomic E-state index is 14.1. The molecule has 9 heterocycles. The molecule has 5 fully saturated rings. The number of amides is 2. The van der Waals surface area contributed by atoms with E-state index in [1.54, 1.807) is 10.8 Å². The number of nitrogens with two attached hydrogens (primary N) is 2. The number of aromatic nitrogens is 3. The predicted molar refractivity (Wildman–Crippen MR) is 393 cm³/mol. The summed E-state index contributed by atoms with van der Waals surface area (Å²) >= 11 is 6.44. The zero-order valence-corrected chi connectivity index (χ0v) is 61.5. The van der Waals surface area contributed by atoms with Gasteiger partial charge in [-0.2, -0.15) is 0 Å². The Morgan fingerprint density at radius 1 is 0.557 bits per heavy atom. The van der Waals surface area contributed by atoms with Crippen molar-refractivity contribution in [3.63, 3.8) is 0 Å². The van der Waals surface area contributed by atoms with E-state index in [-0.39, 0.29) is 120 Å². The number of hydrogen-bond acceptors (Lipinski definition) is 17. The number of esters is 1. The third-order valence-electron chi connectivity index (χ3n) is 19.8. The van der Waals surface area contributed by atoms with Gasteiger partial charge in [0.15, 0.2) is 46.4 Å². The zero-order valence-electron chi connectivity index (χ0n) is 58.3. The van der Waals surface area contributed by atoms with Crippen LogP contribution in [-0.2, 0) is 57.2 Å². The molecule has 0 bridgehead atoms. The lowest BCUT2D eigenvalue weighted by atomic mass is 10.0. The van der Waals surface area contributed by atoms with Crippen molar-refractivity contribution in [3.05, 3.63) is 259 Å². The number of fused-ring (bicyclic) bond motifs is 8. The van der Waals surface area contributed by atoms with Gasteiger partial charge < -0.3 is 64.1 Å². The van der Waals surface area contributed by atoms with Gasteiger partial charge in [0.25, 0.3) is 11.8 Å². The van der Waals surface area contributed by atoms with Gasteiger partial charge in [0.1, 0.15) is 55.4 Å². The lowest BCUT2D eigenvalue weighted by Crippen LogP contribution is -2.50. The molecule has 560 valence electrons. The van der Waals surface area contributed by atoms with Crippen molar-refractivity contribution in [2.45, 2.75) is 141 Å². The third-order valence-corrected chi connectivity index (χ3v) is 20.9. The van der Waals surface area contributed by atoms with Crippen LogP contribution in [0.25, 0.3) is 0 Å². The number of carbonyl (C=O) groups excluding carboxylic acids is 4. The van der Waals surface area contributed by atoms with E-state index in [0.29, 0.717) is 47.4 Å². The Labute approximate surface area is 625 Å². The number of aliphatic hydroxyl groups excluding tert-OH is 1. The molecule has 15 rings (SSSR count). The van der Waals surface area contributed by atoms with E-state index in [1.807, 2.05) is 105 Å². The first-order valence-electron chi connectivity index (χ1n) is 35.2. The third kappa shape index (κ3) is 18.3. The van der Waals surface area contributed by atoms with E-state index in [2.05, 4.69) is 46.4 Å². The topological polar surface area (TPSA) is 277 Å². The standard InChI is InChI=1S/C29H27F2N3O4.C20H20BrN3O3.C16H16BrNO6.C7H7F2N.C6H13N/c30-20-10-8-19(23(31)13-20)9-11-24(35)22-15-32-16-25-33-12-4-7-21(33)14-34(25)29(37)26(32)28(27(22)36)38-17-18-5-2-1-3-6-18;21-15-10-22-11-16-23-8-4-7-14(23)9-24(16)20(26)17(22)19(18(15)25)27-12-13-5-2-1-3-6-13;1-23-16(22)13-15(24-9-10-5-3-2-4-6-10)14(21)11(17)7-18(13)8-12(19)20;8-6-2-1-5(4-10)7(9)3-6;7-5-6-3-1-2-4-6/h1-3,5-6,8,10,13,15,21,25H,4,7,9,11-12,14,16-17H2;1-3,5-6,10,14,16H,4,7-9,11-12H2;2-7,12,19-20H,8-9H2,1H3;1-3H,4,10H2;6H,1-5,7H2/t21-,25+;14-,16+;;;/m11.../s1. The maximum absolute atomic E-state index is 14.1. The van der Waals surface area contributed by atoms with Gasteiger partial charge in [0, 0.05) is 87.5 Å². The van der Waals surface area contributed by atoms with E-state index < -0.39 is 52.2 Å². The van der Waals surface area contributed by atoms with E-state index >= 15 is 0 Å². The molecule has 7 aliphatic rings. The van der Waals surface area contributed by atoms with Gasteiger partial charge >= 0.3 is 5.97 Å². The Morgan fingerprint density at radius 3 is 1.46 bits per heavy atom. The molecule has 0 radical (unpaired) electrons. The number of pyridine rings is 3. The van der Waals surface area contributed by atoms with E-state index in [9.17, 15) is 61.3 Å². The lowest BCUT2D eigenvalue weighted by molar-refractivity contribution is -0.0519. The van der Waals surface area contributed by atoms with Crippen molar-refractivity contribution >= 4 is 55.4 Å². The molecule has 6 aliphatic heterocycles. The number of methoxy groups -OCH3 is 1. The largest absolute Gasteiger partial charge is 0.483 e. The zero-order chi connectivity index (χ0) is 75.3. The highest BCUT2D eigenvalue weighted by Gasteiger charge is 2.50. The summed E-state index contributed by atoms with van der Waals surface area (Å²) in [6, 6.07) is 35.3. The van der Waals surface area contributed by atoms with Crippen molar-refractivity contribution in [3.8, 4) is 17.2 Å². The number of rotatable bonds is 18. The lowest BCUT2D eigenvalue weighted by Gasteiger charge is -2.36. The van der Waals surface area contributed by atoms with Crippen LogP contribution in [0.2, 0.25) is 0 Å². The number of halogens is 6. The number of nitrogens with zero attached hydrogens (tertiary/aromatic N) is 7. The van der Waals surface area contributed by atoms with Gasteiger partial charge in [-0.15, -0.1) is 0 Å². The minimum Gasteiger partial charge on any atom is -0.483 e. The molecule has 0 unspecified atom stereocenters. The van der Waals surface area contributed by atoms with Crippen LogP contribution in [0.4, 0.5) is 17.6 Å². The first-order valence-corrected chi connectivity index (χ1v) is 36.8. The van der Waals surface area contributed by atoms with E-state index in [4.69, 9.17) is 25.7 Å². The molecule has 1 aliphatic carbocycles. The summed E-state index contributed by atoms with van der Waals surface area (Å²) in [5, 5.41) is 18.4. The molecular formula is C78H83Br2F4N9O13. The first-order chi connectivity index (χ1) is 51.1. The Hall–Kier alpha value is -9.13. The van der Waals surface area contributed by atoms with Gasteiger partial charge in [0.05, 0.1) is 41.3 Å². The summed E-state index contributed by atoms with van der Waals surface area (Å²) in [4.78, 5) is 99.4. The minimum atomic E-state index is -1.72. The van der Waals surface area contributed by atoms with Crippen molar-refractivity contribution in [1.29, 1.82) is 0 Å². The summed E-state index contributed by atoms with van der Waals surface area (Å²) in [6.45, 7) is 5.46. The number of benzene rings is 5. The quantitative estimate of drug-likeness (QED) is 0.0269. The number of hydrogen-bond donors (Lipinski definition) is 4. The average molecular weight is 1590 g/mol. The van der Waals surface area contributed by atoms with Crippen molar-refractivity contribution in [2.24, 2.45) is 17.4 Å². The molecule has 1 saturated carbocycles. The molecule has 0 spiro atoms. The molecule has 4 atom stereocenters. The summed E-state index contributed by atoms with van der Waals surface area (Å²) in [7, 11) is 1.16. The van der Waals surface area contributed by atoms with Gasteiger partial charge in [-0.1, -0.05) is 116 Å². The van der Waals surface area contributed by atoms with Crippen LogP contribution in [0.1, 0.15) is 127 Å². The Kier molecular flexibility index (Phi) is 26.5. The summed E-state index contributed by atoms with van der Waals surface area (Å²) in [5.41, 5.74) is 12.5. The summed E-state index contributed by atoms with van der Waals surface area (Å²) in [6.07, 6.45) is 12.6. The van der Waals surface area contributed by atoms with Crippen molar-refractivity contribution in [2.75, 3.05) is 39.8 Å². The highest BCUT2D eigenvalue weighted by molar-refractivity contribution is 9.10. The number of aliphatic hydroxyl groups is 2. The summed E-state index contributed by atoms with van der Waals surface area (Å²) in [5.74, 6) is -3.61. The van der Waals surface area contributed by atoms with Crippen LogP contribution >= 0.6 is 31.9 Å². The second-order valence-corrected chi connectivity index (χ2v) is 28.4. The monoisotopic (exact) mass is 1590 g/mol. The second-order valence-electron chi connectivity index (χ2n) is 26.7. The summed E-state index contributed by atoms with van der Waals surface area (Å²) < 4.78 is 79.5. The number of ketones is 1. The molecule has 5 aromatic carbocycles. The first kappa shape index (κ1) is 78.0. The smallest absolute Gasteiger partial charge is 0.358 e. The molecule has 22 nitrogen and oxygen atoms in total. The second kappa shape index (κ2) is 36.0. The molecule has 2 amide bonds. The Balaban J connectivity index is 0.000000145. The van der Waals surface area contributed by atoms with Crippen LogP contribution in [0, 0.1) is 29.2 Å². The fourth-order valence-corrected chi connectivity index (χ4v) is 15.3. The highest BCUT2D eigenvalue weighted by Crippen LogP contribution is 2.38. The van der Waals surface area contributed by atoms with Gasteiger partial charge in [-0.05, 0) is 124 Å². The maximum Gasteiger partial charge on any atom is 0.358 e. The molecule has 6 N–H and O–H groups in total. The van der Waals surface area contributed by atoms with Gasteiger partial charge in [-0.3, -0.25) is 38.6 Å². The number of carbonyl (C=O) groups is 4.